The number of nitrogens with one attached hydrogen (secondary N) is 2. The van der Waals surface area contributed by atoms with E-state index in [1.54, 1.807) is 31.2 Å². The van der Waals surface area contributed by atoms with Gasteiger partial charge in [-0.3, -0.25) is 9.59 Å². The van der Waals surface area contributed by atoms with Crippen molar-refractivity contribution >= 4 is 23.2 Å². The standard InChI is InChI=1S/C21H21N5O2/c1-14(26-13-22-12-23-26)20(27)24-18-7-9-19(10-8-18)25-21(28)17-6-5-15-3-2-4-16(15)11-17/h5-14H,2-4H2,1H3,(H,24,27)(H,25,28)/t14-/m0/s1. The Bertz CT molecular complexity index is 996. The summed E-state index contributed by atoms with van der Waals surface area (Å²) in [5.41, 5.74) is 4.60. The molecule has 4 rings (SSSR count). The van der Waals surface area contributed by atoms with Crippen molar-refractivity contribution in [1.82, 2.24) is 14.8 Å². The second-order valence-corrected chi connectivity index (χ2v) is 6.91. The van der Waals surface area contributed by atoms with Gasteiger partial charge in [0.05, 0.1) is 0 Å². The van der Waals surface area contributed by atoms with Crippen molar-refractivity contribution in [3.63, 3.8) is 0 Å². The van der Waals surface area contributed by atoms with Crippen LogP contribution in [0.15, 0.2) is 55.1 Å². The third-order valence-corrected chi connectivity index (χ3v) is 4.98. The predicted molar refractivity (Wildman–Crippen MR) is 106 cm³/mol. The smallest absolute Gasteiger partial charge is 0.255 e. The van der Waals surface area contributed by atoms with E-state index in [-0.39, 0.29) is 11.8 Å². The maximum atomic E-state index is 12.5. The number of anilines is 2. The van der Waals surface area contributed by atoms with Crippen LogP contribution in [0, 0.1) is 0 Å². The molecule has 2 aromatic carbocycles. The molecule has 1 aromatic heterocycles. The van der Waals surface area contributed by atoms with Gasteiger partial charge < -0.3 is 10.6 Å². The summed E-state index contributed by atoms with van der Waals surface area (Å²) in [5, 5.41) is 9.70. The van der Waals surface area contributed by atoms with E-state index < -0.39 is 6.04 Å². The molecule has 3 aromatic rings. The topological polar surface area (TPSA) is 88.9 Å². The number of amides is 2. The minimum atomic E-state index is -0.471. The van der Waals surface area contributed by atoms with Gasteiger partial charge in [0.1, 0.15) is 18.7 Å². The van der Waals surface area contributed by atoms with Gasteiger partial charge in [0.2, 0.25) is 5.91 Å². The van der Waals surface area contributed by atoms with Crippen molar-refractivity contribution in [2.45, 2.75) is 32.2 Å². The average molecular weight is 375 g/mol. The lowest BCUT2D eigenvalue weighted by Crippen LogP contribution is -2.24. The Balaban J connectivity index is 1.38. The van der Waals surface area contributed by atoms with Crippen molar-refractivity contribution in [3.05, 3.63) is 71.8 Å². The number of fused-ring (bicyclic) bond motifs is 1. The van der Waals surface area contributed by atoms with Crippen LogP contribution in [0.1, 0.15) is 40.9 Å². The number of aromatic nitrogens is 3. The molecule has 28 heavy (non-hydrogen) atoms. The molecule has 1 aliphatic rings. The molecule has 1 atom stereocenters. The van der Waals surface area contributed by atoms with Gasteiger partial charge in [0.25, 0.3) is 5.91 Å². The summed E-state index contributed by atoms with van der Waals surface area (Å²) in [6.07, 6.45) is 6.19. The lowest BCUT2D eigenvalue weighted by molar-refractivity contribution is -0.119. The molecular formula is C21H21N5O2. The number of carbonyl (C=O) groups is 2. The minimum absolute atomic E-state index is 0.133. The van der Waals surface area contributed by atoms with E-state index >= 15 is 0 Å². The molecule has 1 heterocycles. The van der Waals surface area contributed by atoms with E-state index in [1.165, 1.54) is 28.5 Å². The van der Waals surface area contributed by atoms with Crippen molar-refractivity contribution < 1.29 is 9.59 Å². The van der Waals surface area contributed by atoms with Gasteiger partial charge in [-0.1, -0.05) is 6.07 Å². The molecule has 0 bridgehead atoms. The molecule has 0 fully saturated rings. The second-order valence-electron chi connectivity index (χ2n) is 6.91. The van der Waals surface area contributed by atoms with E-state index in [9.17, 15) is 9.59 Å². The maximum absolute atomic E-state index is 12.5. The molecule has 0 unspecified atom stereocenters. The number of hydrogen-bond donors (Lipinski definition) is 2. The first-order valence-electron chi connectivity index (χ1n) is 9.28. The molecule has 0 saturated carbocycles. The highest BCUT2D eigenvalue weighted by Crippen LogP contribution is 2.23. The van der Waals surface area contributed by atoms with Gasteiger partial charge >= 0.3 is 0 Å². The molecule has 0 saturated heterocycles. The number of carbonyl (C=O) groups excluding carboxylic acids is 2. The average Bonchev–Trinajstić information content (AvgIpc) is 3.40. The number of rotatable bonds is 5. The first-order valence-corrected chi connectivity index (χ1v) is 9.28. The molecule has 2 N–H and O–H groups in total. The highest BCUT2D eigenvalue weighted by molar-refractivity contribution is 6.04. The second kappa shape index (κ2) is 7.64. The van der Waals surface area contributed by atoms with Gasteiger partial charge in [-0.25, -0.2) is 9.67 Å². The molecular weight excluding hydrogens is 354 g/mol. The van der Waals surface area contributed by atoms with Crippen LogP contribution in [0.5, 0.6) is 0 Å². The summed E-state index contributed by atoms with van der Waals surface area (Å²) in [4.78, 5) is 28.6. The Kier molecular flexibility index (Phi) is 4.89. The van der Waals surface area contributed by atoms with E-state index in [0.717, 1.165) is 19.3 Å². The zero-order valence-corrected chi connectivity index (χ0v) is 15.6. The van der Waals surface area contributed by atoms with Crippen LogP contribution in [0.2, 0.25) is 0 Å². The normalized spacial score (nSPS) is 13.6. The van der Waals surface area contributed by atoms with Crippen molar-refractivity contribution in [3.8, 4) is 0 Å². The van der Waals surface area contributed by atoms with E-state index in [2.05, 4.69) is 20.7 Å². The van der Waals surface area contributed by atoms with Gasteiger partial charge in [0, 0.05) is 16.9 Å². The van der Waals surface area contributed by atoms with Crippen LogP contribution in [0.4, 0.5) is 11.4 Å². The summed E-state index contributed by atoms with van der Waals surface area (Å²) >= 11 is 0. The van der Waals surface area contributed by atoms with Crippen LogP contribution in [0.25, 0.3) is 0 Å². The molecule has 7 heteroatoms. The van der Waals surface area contributed by atoms with Gasteiger partial charge in [-0.05, 0) is 73.7 Å². The molecule has 0 radical (unpaired) electrons. The zero-order valence-electron chi connectivity index (χ0n) is 15.6. The Hall–Kier alpha value is -3.48. The van der Waals surface area contributed by atoms with Crippen LogP contribution in [0.3, 0.4) is 0 Å². The van der Waals surface area contributed by atoms with Gasteiger partial charge in [0.15, 0.2) is 0 Å². The van der Waals surface area contributed by atoms with Crippen molar-refractivity contribution in [2.75, 3.05) is 10.6 Å². The quantitative estimate of drug-likeness (QED) is 0.717. The van der Waals surface area contributed by atoms with Crippen LogP contribution < -0.4 is 10.6 Å². The largest absolute Gasteiger partial charge is 0.324 e. The Morgan fingerprint density at radius 2 is 1.71 bits per heavy atom. The first-order chi connectivity index (χ1) is 13.6. The minimum Gasteiger partial charge on any atom is -0.324 e. The van der Waals surface area contributed by atoms with Crippen molar-refractivity contribution in [1.29, 1.82) is 0 Å². The molecule has 7 nitrogen and oxygen atoms in total. The number of aryl methyl sites for hydroxylation is 2. The Morgan fingerprint density at radius 3 is 2.43 bits per heavy atom. The third-order valence-electron chi connectivity index (χ3n) is 4.98. The molecule has 1 aliphatic carbocycles. The SMILES string of the molecule is C[C@@H](C(=O)Nc1ccc(NC(=O)c2ccc3c(c2)CCC3)cc1)n1cncn1. The predicted octanol–water partition coefficient (Wildman–Crippen LogP) is 3.22. The molecule has 142 valence electrons. The number of benzene rings is 2. The van der Waals surface area contributed by atoms with Crippen LogP contribution in [-0.4, -0.2) is 26.6 Å². The molecule has 0 aliphatic heterocycles. The highest BCUT2D eigenvalue weighted by Gasteiger charge is 2.16. The summed E-state index contributed by atoms with van der Waals surface area (Å²) in [6, 6.07) is 12.5. The van der Waals surface area contributed by atoms with E-state index in [0.29, 0.717) is 16.9 Å². The van der Waals surface area contributed by atoms with Crippen LogP contribution in [-0.2, 0) is 17.6 Å². The zero-order chi connectivity index (χ0) is 19.5. The maximum Gasteiger partial charge on any atom is 0.255 e. The third kappa shape index (κ3) is 3.78. The van der Waals surface area contributed by atoms with Gasteiger partial charge in [-0.2, -0.15) is 5.10 Å². The monoisotopic (exact) mass is 375 g/mol. The lowest BCUT2D eigenvalue weighted by atomic mass is 10.1. The fraction of sp³-hybridized carbons (Fsp3) is 0.238. The van der Waals surface area contributed by atoms with E-state index in [4.69, 9.17) is 0 Å². The summed E-state index contributed by atoms with van der Waals surface area (Å²) < 4.78 is 1.49. The van der Waals surface area contributed by atoms with Gasteiger partial charge in [-0.15, -0.1) is 0 Å². The molecule has 0 spiro atoms. The Labute approximate surface area is 162 Å². The first kappa shape index (κ1) is 17.9. The number of hydrogen-bond acceptors (Lipinski definition) is 4. The summed E-state index contributed by atoms with van der Waals surface area (Å²) in [6.45, 7) is 1.75. The van der Waals surface area contributed by atoms with Crippen LogP contribution >= 0.6 is 0 Å². The summed E-state index contributed by atoms with van der Waals surface area (Å²) in [7, 11) is 0. The highest BCUT2D eigenvalue weighted by atomic mass is 16.2. The fourth-order valence-electron chi connectivity index (χ4n) is 3.34. The fourth-order valence-corrected chi connectivity index (χ4v) is 3.34. The molecule has 2 amide bonds. The van der Waals surface area contributed by atoms with E-state index in [1.807, 2.05) is 18.2 Å². The lowest BCUT2D eigenvalue weighted by Gasteiger charge is -2.12. The van der Waals surface area contributed by atoms with Crippen molar-refractivity contribution in [2.24, 2.45) is 0 Å². The summed E-state index contributed by atoms with van der Waals surface area (Å²) in [5.74, 6) is -0.327. The number of nitrogens with zero attached hydrogens (tertiary/aromatic N) is 3. The Morgan fingerprint density at radius 1 is 1.00 bits per heavy atom.